The van der Waals surface area contributed by atoms with Crippen LogP contribution in [-0.4, -0.2) is 4.98 Å². The zero-order valence-corrected chi connectivity index (χ0v) is 8.99. The third-order valence-corrected chi connectivity index (χ3v) is 2.43. The molecule has 1 aromatic heterocycles. The van der Waals surface area contributed by atoms with Gasteiger partial charge in [0.05, 0.1) is 0 Å². The monoisotopic (exact) mass is 198 g/mol. The molecule has 0 spiro atoms. The Labute approximate surface area is 90.0 Å². The van der Waals surface area contributed by atoms with Crippen molar-refractivity contribution >= 4 is 11.4 Å². The van der Waals surface area contributed by atoms with Gasteiger partial charge in [0.25, 0.3) is 0 Å². The predicted molar refractivity (Wildman–Crippen MR) is 63.4 cm³/mol. The highest BCUT2D eigenvalue weighted by atomic mass is 14.9. The number of benzene rings is 1. The first-order valence-corrected chi connectivity index (χ1v) is 5.00. The number of hydrogen-bond donors (Lipinski definition) is 1. The van der Waals surface area contributed by atoms with Gasteiger partial charge in [-0.05, 0) is 37.1 Å². The van der Waals surface area contributed by atoms with Crippen molar-refractivity contribution in [2.45, 2.75) is 13.8 Å². The molecule has 0 bridgehead atoms. The molecule has 0 saturated heterocycles. The lowest BCUT2D eigenvalue weighted by molar-refractivity contribution is 1.31. The Balaban J connectivity index is 2.32. The van der Waals surface area contributed by atoms with Crippen molar-refractivity contribution in [3.05, 3.63) is 53.9 Å². The van der Waals surface area contributed by atoms with E-state index < -0.39 is 0 Å². The minimum atomic E-state index is 1.07. The van der Waals surface area contributed by atoms with E-state index in [0.717, 1.165) is 5.69 Å². The van der Waals surface area contributed by atoms with Crippen LogP contribution in [0.4, 0.5) is 11.4 Å². The van der Waals surface area contributed by atoms with Crippen LogP contribution in [0.2, 0.25) is 0 Å². The fourth-order valence-corrected chi connectivity index (χ4v) is 1.59. The SMILES string of the molecule is Cc1cccc(C)c1Nc1ccncc1. The fraction of sp³-hybridized carbons (Fsp3) is 0.154. The van der Waals surface area contributed by atoms with Gasteiger partial charge in [-0.3, -0.25) is 4.98 Å². The molecule has 15 heavy (non-hydrogen) atoms. The molecule has 0 unspecified atom stereocenters. The van der Waals surface area contributed by atoms with Gasteiger partial charge in [0.2, 0.25) is 0 Å². The van der Waals surface area contributed by atoms with Crippen LogP contribution in [0.1, 0.15) is 11.1 Å². The van der Waals surface area contributed by atoms with Crippen molar-refractivity contribution in [3.8, 4) is 0 Å². The Hall–Kier alpha value is -1.83. The Kier molecular flexibility index (Phi) is 2.68. The van der Waals surface area contributed by atoms with Crippen LogP contribution in [0.3, 0.4) is 0 Å². The molecule has 0 saturated carbocycles. The molecular formula is C13H14N2. The maximum atomic E-state index is 3.99. The van der Waals surface area contributed by atoms with Gasteiger partial charge in [-0.1, -0.05) is 18.2 Å². The number of pyridine rings is 1. The normalized spacial score (nSPS) is 10.0. The molecule has 1 aromatic carbocycles. The van der Waals surface area contributed by atoms with Crippen LogP contribution in [0.15, 0.2) is 42.7 Å². The van der Waals surface area contributed by atoms with E-state index in [0.29, 0.717) is 0 Å². The summed E-state index contributed by atoms with van der Waals surface area (Å²) in [6.45, 7) is 4.22. The Bertz CT molecular complexity index is 429. The first kappa shape index (κ1) is 9.71. The fourth-order valence-electron chi connectivity index (χ4n) is 1.59. The second-order valence-electron chi connectivity index (χ2n) is 3.63. The molecule has 0 fully saturated rings. The molecule has 2 rings (SSSR count). The van der Waals surface area contributed by atoms with E-state index in [4.69, 9.17) is 0 Å². The van der Waals surface area contributed by atoms with E-state index in [1.165, 1.54) is 16.8 Å². The summed E-state index contributed by atoms with van der Waals surface area (Å²) in [4.78, 5) is 3.99. The minimum absolute atomic E-state index is 1.07. The van der Waals surface area contributed by atoms with Crippen molar-refractivity contribution < 1.29 is 0 Å². The molecule has 76 valence electrons. The number of aryl methyl sites for hydroxylation is 2. The number of hydrogen-bond acceptors (Lipinski definition) is 2. The van der Waals surface area contributed by atoms with Gasteiger partial charge in [-0.15, -0.1) is 0 Å². The third-order valence-electron chi connectivity index (χ3n) is 2.43. The van der Waals surface area contributed by atoms with Crippen LogP contribution in [-0.2, 0) is 0 Å². The highest BCUT2D eigenvalue weighted by Crippen LogP contribution is 2.23. The van der Waals surface area contributed by atoms with Crippen LogP contribution in [0, 0.1) is 13.8 Å². The highest BCUT2D eigenvalue weighted by Gasteiger charge is 2.01. The molecule has 1 heterocycles. The van der Waals surface area contributed by atoms with Gasteiger partial charge in [0.15, 0.2) is 0 Å². The van der Waals surface area contributed by atoms with Crippen LogP contribution >= 0.6 is 0 Å². The molecule has 2 heteroatoms. The highest BCUT2D eigenvalue weighted by molar-refractivity contribution is 5.65. The van der Waals surface area contributed by atoms with Crippen molar-refractivity contribution in [2.24, 2.45) is 0 Å². The van der Waals surface area contributed by atoms with Gasteiger partial charge in [-0.2, -0.15) is 0 Å². The van der Waals surface area contributed by atoms with Gasteiger partial charge in [0.1, 0.15) is 0 Å². The quantitative estimate of drug-likeness (QED) is 0.799. The number of anilines is 2. The van der Waals surface area contributed by atoms with Crippen LogP contribution in [0.5, 0.6) is 0 Å². The number of nitrogens with one attached hydrogen (secondary N) is 1. The molecule has 0 aliphatic heterocycles. The third kappa shape index (κ3) is 2.15. The zero-order valence-electron chi connectivity index (χ0n) is 8.99. The summed E-state index contributed by atoms with van der Waals surface area (Å²) in [5.41, 5.74) is 4.77. The van der Waals surface area contributed by atoms with Gasteiger partial charge < -0.3 is 5.32 Å². The lowest BCUT2D eigenvalue weighted by Crippen LogP contribution is -1.95. The van der Waals surface area contributed by atoms with Gasteiger partial charge >= 0.3 is 0 Å². The van der Waals surface area contributed by atoms with E-state index in [-0.39, 0.29) is 0 Å². The largest absolute Gasteiger partial charge is 0.355 e. The molecule has 0 aliphatic rings. The summed E-state index contributed by atoms with van der Waals surface area (Å²) in [7, 11) is 0. The number of para-hydroxylation sites is 1. The number of aromatic nitrogens is 1. The molecule has 1 N–H and O–H groups in total. The Morgan fingerprint density at radius 3 is 2.13 bits per heavy atom. The maximum absolute atomic E-state index is 3.99. The van der Waals surface area contributed by atoms with E-state index in [1.54, 1.807) is 12.4 Å². The lowest BCUT2D eigenvalue weighted by atomic mass is 10.1. The molecular weight excluding hydrogens is 184 g/mol. The lowest BCUT2D eigenvalue weighted by Gasteiger charge is -2.11. The Morgan fingerprint density at radius 2 is 1.53 bits per heavy atom. The predicted octanol–water partition coefficient (Wildman–Crippen LogP) is 3.44. The van der Waals surface area contributed by atoms with Crippen LogP contribution in [0.25, 0.3) is 0 Å². The molecule has 0 atom stereocenters. The smallest absolute Gasteiger partial charge is 0.0443 e. The molecule has 0 radical (unpaired) electrons. The summed E-state index contributed by atoms with van der Waals surface area (Å²) in [5.74, 6) is 0. The Morgan fingerprint density at radius 1 is 0.933 bits per heavy atom. The topological polar surface area (TPSA) is 24.9 Å². The second-order valence-corrected chi connectivity index (χ2v) is 3.63. The first-order valence-electron chi connectivity index (χ1n) is 5.00. The zero-order chi connectivity index (χ0) is 10.7. The van der Waals surface area contributed by atoms with E-state index in [1.807, 2.05) is 12.1 Å². The van der Waals surface area contributed by atoms with Gasteiger partial charge in [0, 0.05) is 23.8 Å². The summed E-state index contributed by atoms with van der Waals surface area (Å²) in [5, 5.41) is 3.40. The first-order chi connectivity index (χ1) is 7.27. The van der Waals surface area contributed by atoms with Gasteiger partial charge in [-0.25, -0.2) is 0 Å². The number of rotatable bonds is 2. The average molecular weight is 198 g/mol. The summed E-state index contributed by atoms with van der Waals surface area (Å²) in [6.07, 6.45) is 3.58. The molecule has 2 aromatic rings. The summed E-state index contributed by atoms with van der Waals surface area (Å²) < 4.78 is 0. The summed E-state index contributed by atoms with van der Waals surface area (Å²) >= 11 is 0. The summed E-state index contributed by atoms with van der Waals surface area (Å²) in [6, 6.07) is 10.2. The molecule has 0 amide bonds. The van der Waals surface area contributed by atoms with Crippen molar-refractivity contribution in [3.63, 3.8) is 0 Å². The van der Waals surface area contributed by atoms with Crippen molar-refractivity contribution in [2.75, 3.05) is 5.32 Å². The molecule has 2 nitrogen and oxygen atoms in total. The molecule has 0 aliphatic carbocycles. The van der Waals surface area contributed by atoms with E-state index in [9.17, 15) is 0 Å². The van der Waals surface area contributed by atoms with Crippen molar-refractivity contribution in [1.29, 1.82) is 0 Å². The maximum Gasteiger partial charge on any atom is 0.0443 e. The van der Waals surface area contributed by atoms with E-state index >= 15 is 0 Å². The average Bonchev–Trinajstić information content (AvgIpc) is 2.25. The van der Waals surface area contributed by atoms with Crippen molar-refractivity contribution in [1.82, 2.24) is 4.98 Å². The minimum Gasteiger partial charge on any atom is -0.355 e. The standard InChI is InChI=1S/C13H14N2/c1-10-4-3-5-11(2)13(10)15-12-6-8-14-9-7-12/h3-9H,1-2H3,(H,14,15). The second kappa shape index (κ2) is 4.13. The van der Waals surface area contributed by atoms with E-state index in [2.05, 4.69) is 42.3 Å². The van der Waals surface area contributed by atoms with Crippen LogP contribution < -0.4 is 5.32 Å². The number of nitrogens with zero attached hydrogens (tertiary/aromatic N) is 1.